The Labute approximate surface area is 202 Å². The average Bonchev–Trinajstić information content (AvgIpc) is 3.17. The van der Waals surface area contributed by atoms with Crippen LogP contribution < -0.4 is 22.3 Å². The summed E-state index contributed by atoms with van der Waals surface area (Å²) in [5.74, 6) is -0.500. The number of amides is 2. The van der Waals surface area contributed by atoms with Crippen molar-refractivity contribution < 1.29 is 19.8 Å². The average molecular weight is 494 g/mol. The lowest BCUT2D eigenvalue weighted by atomic mass is 9.91. The molecule has 2 aromatic rings. The van der Waals surface area contributed by atoms with E-state index in [9.17, 15) is 29.4 Å². The van der Waals surface area contributed by atoms with Crippen molar-refractivity contribution in [1.82, 2.24) is 28.9 Å². The van der Waals surface area contributed by atoms with Gasteiger partial charge in [-0.15, -0.1) is 0 Å². The number of hydrogen-bond acceptors (Lipinski definition) is 8. The van der Waals surface area contributed by atoms with Gasteiger partial charge in [-0.2, -0.15) is 0 Å². The number of nitrogens with two attached hydrogens (primary N) is 1. The summed E-state index contributed by atoms with van der Waals surface area (Å²) < 4.78 is 3.68. The van der Waals surface area contributed by atoms with Gasteiger partial charge in [0.25, 0.3) is 5.56 Å². The van der Waals surface area contributed by atoms with Gasteiger partial charge >= 0.3 is 5.69 Å². The molecule has 2 amide bonds. The molecule has 0 unspecified atom stereocenters. The second-order valence-electron chi connectivity index (χ2n) is 9.59. The summed E-state index contributed by atoms with van der Waals surface area (Å²) >= 11 is 0. The Kier molecular flexibility index (Phi) is 7.82. The number of aliphatic hydroxyl groups excluding tert-OH is 1. The van der Waals surface area contributed by atoms with E-state index in [1.54, 1.807) is 0 Å². The highest BCUT2D eigenvalue weighted by atomic mass is 16.3. The Morgan fingerprint density at radius 2 is 1.94 bits per heavy atom. The molecule has 1 saturated heterocycles. The third-order valence-corrected chi connectivity index (χ3v) is 6.64. The number of unbranched alkanes of at least 4 members (excludes halogenated alkanes) is 1. The molecular weight excluding hydrogens is 458 g/mol. The minimum absolute atomic E-state index is 0.0139. The Hall–Kier alpha value is -3.03. The third kappa shape index (κ3) is 5.46. The van der Waals surface area contributed by atoms with Crippen LogP contribution in [0.2, 0.25) is 0 Å². The lowest BCUT2D eigenvalue weighted by molar-refractivity contribution is -0.134. The first-order valence-electron chi connectivity index (χ1n) is 11.7. The van der Waals surface area contributed by atoms with Crippen molar-refractivity contribution in [3.8, 4) is 0 Å². The van der Waals surface area contributed by atoms with Gasteiger partial charge in [0.15, 0.2) is 11.2 Å². The molecular formula is C22H35N7O6. The maximum absolute atomic E-state index is 13.2. The van der Waals surface area contributed by atoms with Crippen molar-refractivity contribution in [2.45, 2.75) is 63.3 Å². The first-order valence-corrected chi connectivity index (χ1v) is 11.7. The van der Waals surface area contributed by atoms with Crippen LogP contribution in [0.15, 0.2) is 15.9 Å². The molecule has 0 spiro atoms. The SMILES string of the molecule is CC(=O)NCCCC[C@H](N)C(=O)N1C[C@@H](O)C[C@@](C)(O)[C@H](n2cnc3c2c(=O)n(C)c(=O)n3C)C1. The molecule has 13 nitrogen and oxygen atoms in total. The minimum atomic E-state index is -1.50. The molecule has 3 heterocycles. The van der Waals surface area contributed by atoms with Crippen molar-refractivity contribution in [2.24, 2.45) is 19.8 Å². The quantitative estimate of drug-likeness (QED) is 0.318. The molecule has 0 aliphatic carbocycles. The van der Waals surface area contributed by atoms with E-state index in [0.717, 1.165) is 4.57 Å². The maximum Gasteiger partial charge on any atom is 0.332 e. The summed E-state index contributed by atoms with van der Waals surface area (Å²) in [7, 11) is 2.86. The lowest BCUT2D eigenvalue weighted by Crippen LogP contribution is -2.48. The van der Waals surface area contributed by atoms with Gasteiger partial charge in [0.05, 0.1) is 30.1 Å². The number of β-amino-alcohol motifs (C(OH)–C–C–N with tert-alkyl or cyclic N) is 1. The Bertz CT molecular complexity index is 1210. The summed E-state index contributed by atoms with van der Waals surface area (Å²) in [5, 5.41) is 24.5. The van der Waals surface area contributed by atoms with Gasteiger partial charge in [0.1, 0.15) is 0 Å². The minimum Gasteiger partial charge on any atom is -0.391 e. The molecule has 2 aromatic heterocycles. The van der Waals surface area contributed by atoms with Crippen LogP contribution in [0.5, 0.6) is 0 Å². The van der Waals surface area contributed by atoms with Gasteiger partial charge in [0, 0.05) is 47.1 Å². The van der Waals surface area contributed by atoms with Crippen LogP contribution in [-0.4, -0.2) is 83.0 Å². The number of aromatic nitrogens is 4. The topological polar surface area (TPSA) is 178 Å². The summed E-state index contributed by atoms with van der Waals surface area (Å²) in [4.78, 5) is 55.0. The zero-order valence-electron chi connectivity index (χ0n) is 20.6. The summed E-state index contributed by atoms with van der Waals surface area (Å²) in [6, 6.07) is -1.65. The second-order valence-corrected chi connectivity index (χ2v) is 9.59. The fourth-order valence-corrected chi connectivity index (χ4v) is 4.69. The first-order chi connectivity index (χ1) is 16.3. The molecule has 0 radical (unpaired) electrons. The number of carbonyl (C=O) groups is 2. The maximum atomic E-state index is 13.2. The predicted octanol–water partition coefficient (Wildman–Crippen LogP) is -2.05. The molecule has 3 rings (SSSR count). The van der Waals surface area contributed by atoms with Gasteiger partial charge in [0.2, 0.25) is 11.8 Å². The van der Waals surface area contributed by atoms with E-state index in [1.807, 2.05) is 0 Å². The van der Waals surface area contributed by atoms with Crippen LogP contribution in [0.3, 0.4) is 0 Å². The fraction of sp³-hybridized carbons (Fsp3) is 0.682. The fourth-order valence-electron chi connectivity index (χ4n) is 4.69. The zero-order chi connectivity index (χ0) is 26.1. The largest absolute Gasteiger partial charge is 0.391 e. The monoisotopic (exact) mass is 493 g/mol. The van der Waals surface area contributed by atoms with Gasteiger partial charge in [-0.3, -0.25) is 23.5 Å². The number of hydrogen-bond donors (Lipinski definition) is 4. The van der Waals surface area contributed by atoms with Crippen LogP contribution in [0, 0.1) is 0 Å². The van der Waals surface area contributed by atoms with E-state index in [2.05, 4.69) is 10.3 Å². The number of nitrogens with one attached hydrogen (secondary N) is 1. The Balaban J connectivity index is 1.89. The summed E-state index contributed by atoms with van der Waals surface area (Å²) in [6.07, 6.45) is 2.01. The molecule has 1 fully saturated rings. The number of fused-ring (bicyclic) bond motifs is 1. The van der Waals surface area contributed by atoms with Crippen LogP contribution in [-0.2, 0) is 23.7 Å². The highest BCUT2D eigenvalue weighted by Gasteiger charge is 2.42. The highest BCUT2D eigenvalue weighted by molar-refractivity contribution is 5.81. The van der Waals surface area contributed by atoms with Crippen molar-refractivity contribution >= 4 is 23.0 Å². The molecule has 5 N–H and O–H groups in total. The lowest BCUT2D eigenvalue weighted by Gasteiger charge is -2.34. The van der Waals surface area contributed by atoms with E-state index in [4.69, 9.17) is 5.73 Å². The molecule has 35 heavy (non-hydrogen) atoms. The van der Waals surface area contributed by atoms with Gasteiger partial charge in [-0.25, -0.2) is 9.78 Å². The van der Waals surface area contributed by atoms with Crippen LogP contribution >= 0.6 is 0 Å². The first kappa shape index (κ1) is 26.6. The standard InChI is InChI=1S/C22H35N7O6/c1-13(30)24-8-6-5-7-15(23)19(32)28-10-14(31)9-22(2,35)16(11-28)29-12-25-18-17(29)20(33)27(4)21(34)26(18)3/h12,14-16,31,35H,5-11,23H2,1-4H3,(H,24,30)/t14-,15-,16+,22+/m0/s1. The molecule has 13 heteroatoms. The van der Waals surface area contributed by atoms with Gasteiger partial charge < -0.3 is 30.7 Å². The number of aryl methyl sites for hydroxylation is 1. The number of rotatable bonds is 7. The van der Waals surface area contributed by atoms with Crippen LogP contribution in [0.25, 0.3) is 11.2 Å². The van der Waals surface area contributed by atoms with E-state index in [0.29, 0.717) is 25.8 Å². The van der Waals surface area contributed by atoms with Crippen molar-refractivity contribution in [2.75, 3.05) is 19.6 Å². The Morgan fingerprint density at radius 1 is 1.26 bits per heavy atom. The van der Waals surface area contributed by atoms with E-state index >= 15 is 0 Å². The zero-order valence-corrected chi connectivity index (χ0v) is 20.6. The van der Waals surface area contributed by atoms with Crippen molar-refractivity contribution in [1.29, 1.82) is 0 Å². The molecule has 1 aliphatic heterocycles. The summed E-state index contributed by atoms with van der Waals surface area (Å²) in [6.45, 7) is 3.43. The van der Waals surface area contributed by atoms with Crippen LogP contribution in [0.1, 0.15) is 45.6 Å². The number of imidazole rings is 1. The van der Waals surface area contributed by atoms with E-state index in [-0.39, 0.29) is 42.5 Å². The van der Waals surface area contributed by atoms with Crippen LogP contribution in [0.4, 0.5) is 0 Å². The number of carbonyl (C=O) groups excluding carboxylic acids is 2. The normalized spacial score (nSPS) is 23.8. The molecule has 1 aliphatic rings. The smallest absolute Gasteiger partial charge is 0.332 e. The summed E-state index contributed by atoms with van der Waals surface area (Å²) in [5.41, 5.74) is 3.83. The number of likely N-dealkylation sites (tertiary alicyclic amines) is 1. The predicted molar refractivity (Wildman–Crippen MR) is 128 cm³/mol. The molecule has 0 saturated carbocycles. The Morgan fingerprint density at radius 3 is 2.60 bits per heavy atom. The number of nitrogens with zero attached hydrogens (tertiary/aromatic N) is 5. The van der Waals surface area contributed by atoms with E-state index < -0.39 is 35.0 Å². The van der Waals surface area contributed by atoms with Crippen molar-refractivity contribution in [3.63, 3.8) is 0 Å². The highest BCUT2D eigenvalue weighted by Crippen LogP contribution is 2.33. The number of aliphatic hydroxyl groups is 2. The molecule has 194 valence electrons. The van der Waals surface area contributed by atoms with Gasteiger partial charge in [-0.1, -0.05) is 0 Å². The molecule has 0 aromatic carbocycles. The molecule has 4 atom stereocenters. The molecule has 0 bridgehead atoms. The second kappa shape index (κ2) is 10.3. The van der Waals surface area contributed by atoms with E-state index in [1.165, 1.54) is 48.3 Å². The third-order valence-electron chi connectivity index (χ3n) is 6.64. The van der Waals surface area contributed by atoms with Gasteiger partial charge in [-0.05, 0) is 26.2 Å². The van der Waals surface area contributed by atoms with Crippen molar-refractivity contribution in [3.05, 3.63) is 27.2 Å².